The topological polar surface area (TPSA) is 80.6 Å². The van der Waals surface area contributed by atoms with Gasteiger partial charge in [0.2, 0.25) is 0 Å². The lowest BCUT2D eigenvalue weighted by molar-refractivity contribution is 0.153. The van der Waals surface area contributed by atoms with Crippen molar-refractivity contribution in [1.82, 2.24) is 0 Å². The molecule has 0 aliphatic carbocycles. The second-order valence-electron chi connectivity index (χ2n) is 3.44. The Morgan fingerprint density at radius 2 is 1.73 bits per heavy atom. The summed E-state index contributed by atoms with van der Waals surface area (Å²) in [5.41, 5.74) is -0.464. The van der Waals surface area contributed by atoms with Crippen LogP contribution in [0.4, 0.5) is 0 Å². The Balaban J connectivity index is 0. The zero-order chi connectivity index (χ0) is 12.2. The van der Waals surface area contributed by atoms with Crippen molar-refractivity contribution in [3.63, 3.8) is 0 Å². The number of hydrogen-bond donors (Lipinski definition) is 0. The second-order valence-corrected chi connectivity index (χ2v) is 3.44. The molecule has 82 valence electrons. The molecule has 0 saturated heterocycles. The van der Waals surface area contributed by atoms with Crippen molar-refractivity contribution in [2.24, 2.45) is 5.41 Å². The second kappa shape index (κ2) is 10.5. The van der Waals surface area contributed by atoms with Crippen LogP contribution in [0.1, 0.15) is 33.6 Å². The van der Waals surface area contributed by atoms with Crippen molar-refractivity contribution < 1.29 is 4.74 Å². The molecule has 0 N–H and O–H groups in total. The lowest BCUT2D eigenvalue weighted by atomic mass is 9.93. The molecule has 0 aromatic carbocycles. The highest BCUT2D eigenvalue weighted by Gasteiger charge is 2.14. The lowest BCUT2D eigenvalue weighted by Gasteiger charge is -2.06. The molecule has 0 aromatic heterocycles. The molecule has 0 amide bonds. The first-order valence-corrected chi connectivity index (χ1v) is 4.77. The van der Waals surface area contributed by atoms with E-state index in [1.54, 1.807) is 13.8 Å². The molecule has 0 aromatic rings. The molecular weight excluding hydrogens is 190 g/mol. The Morgan fingerprint density at radius 3 is 2.00 bits per heavy atom. The molecule has 0 fully saturated rings. The molecule has 0 bridgehead atoms. The molecule has 0 unspecified atom stereocenters. The Morgan fingerprint density at radius 1 is 1.13 bits per heavy atom. The molecule has 0 rings (SSSR count). The van der Waals surface area contributed by atoms with Gasteiger partial charge in [-0.2, -0.15) is 15.8 Å². The molecule has 0 aliphatic rings. The maximum Gasteiger partial charge on any atom is 0.0694 e. The Kier molecular flexibility index (Phi) is 11.1. The number of hydrogen-bond acceptors (Lipinski definition) is 4. The van der Waals surface area contributed by atoms with E-state index in [4.69, 9.17) is 20.5 Å². The normalized spacial score (nSPS) is 8.80. The summed E-state index contributed by atoms with van der Waals surface area (Å²) in [4.78, 5) is 0. The molecular formula is C11H17N3O. The molecule has 4 heteroatoms. The molecule has 0 aliphatic heterocycles. The van der Waals surface area contributed by atoms with Crippen LogP contribution in [-0.2, 0) is 4.74 Å². The van der Waals surface area contributed by atoms with E-state index in [0.717, 1.165) is 0 Å². The van der Waals surface area contributed by atoms with Crippen LogP contribution in [0.5, 0.6) is 0 Å². The van der Waals surface area contributed by atoms with Crippen molar-refractivity contribution in [3.8, 4) is 18.2 Å². The van der Waals surface area contributed by atoms with Gasteiger partial charge in [-0.25, -0.2) is 0 Å². The third kappa shape index (κ3) is 15.2. The molecule has 4 nitrogen and oxygen atoms in total. The summed E-state index contributed by atoms with van der Waals surface area (Å²) in [7, 11) is 0. The average molecular weight is 207 g/mol. The van der Waals surface area contributed by atoms with Crippen molar-refractivity contribution in [1.29, 1.82) is 15.8 Å². The van der Waals surface area contributed by atoms with Gasteiger partial charge < -0.3 is 4.74 Å². The third-order valence-corrected chi connectivity index (χ3v) is 1.39. The summed E-state index contributed by atoms with van der Waals surface area (Å²) in [5, 5.41) is 24.4. The van der Waals surface area contributed by atoms with E-state index in [9.17, 15) is 0 Å². The number of ether oxygens (including phenoxy) is 1. The summed E-state index contributed by atoms with van der Waals surface area (Å²) < 4.78 is 4.85. The van der Waals surface area contributed by atoms with Gasteiger partial charge in [0, 0.05) is 6.61 Å². The zero-order valence-corrected chi connectivity index (χ0v) is 9.58. The van der Waals surface area contributed by atoms with Crippen molar-refractivity contribution in [2.45, 2.75) is 33.6 Å². The SMILES string of the molecule is CC(C)(C#N)CC#N.CCOCCC#N. The standard InChI is InChI=1S/C6H8N2.C5H9NO/c1-6(2,5-8)3-4-7;1-2-7-5-3-4-6/h3H2,1-2H3;2-3,5H2,1H3. The van der Waals surface area contributed by atoms with Crippen molar-refractivity contribution in [3.05, 3.63) is 0 Å². The number of rotatable bonds is 4. The minimum Gasteiger partial charge on any atom is -0.381 e. The van der Waals surface area contributed by atoms with Gasteiger partial charge in [0.1, 0.15) is 0 Å². The largest absolute Gasteiger partial charge is 0.381 e. The van der Waals surface area contributed by atoms with E-state index in [1.165, 1.54) is 0 Å². The fraction of sp³-hybridized carbons (Fsp3) is 0.727. The highest BCUT2D eigenvalue weighted by molar-refractivity contribution is 4.97. The van der Waals surface area contributed by atoms with Gasteiger partial charge in [-0.3, -0.25) is 0 Å². The third-order valence-electron chi connectivity index (χ3n) is 1.39. The van der Waals surface area contributed by atoms with Crippen LogP contribution in [0.25, 0.3) is 0 Å². The van der Waals surface area contributed by atoms with Gasteiger partial charge in [0.25, 0.3) is 0 Å². The average Bonchev–Trinajstić information content (AvgIpc) is 2.20. The van der Waals surface area contributed by atoms with Crippen molar-refractivity contribution >= 4 is 0 Å². The van der Waals surface area contributed by atoms with E-state index in [-0.39, 0.29) is 0 Å². The summed E-state index contributed by atoms with van der Waals surface area (Å²) in [6.45, 7) is 6.69. The first kappa shape index (κ1) is 15.9. The maximum atomic E-state index is 8.32. The van der Waals surface area contributed by atoms with Crippen LogP contribution in [0.15, 0.2) is 0 Å². The quantitative estimate of drug-likeness (QED) is 0.663. The van der Waals surface area contributed by atoms with Gasteiger partial charge in [0.15, 0.2) is 0 Å². The predicted molar refractivity (Wildman–Crippen MR) is 56.3 cm³/mol. The zero-order valence-electron chi connectivity index (χ0n) is 9.58. The summed E-state index contributed by atoms with van der Waals surface area (Å²) in [6.07, 6.45) is 0.817. The molecule has 0 saturated carbocycles. The summed E-state index contributed by atoms with van der Waals surface area (Å²) in [6, 6.07) is 5.93. The highest BCUT2D eigenvalue weighted by Crippen LogP contribution is 2.16. The minimum absolute atomic E-state index is 0.309. The summed E-state index contributed by atoms with van der Waals surface area (Å²) in [5.74, 6) is 0. The van der Waals surface area contributed by atoms with E-state index >= 15 is 0 Å². The van der Waals surface area contributed by atoms with E-state index in [1.807, 2.05) is 25.1 Å². The fourth-order valence-corrected chi connectivity index (χ4v) is 0.499. The Labute approximate surface area is 91.7 Å². The fourth-order valence-electron chi connectivity index (χ4n) is 0.499. The van der Waals surface area contributed by atoms with Crippen LogP contribution in [-0.4, -0.2) is 13.2 Å². The number of nitrogens with zero attached hydrogens (tertiary/aromatic N) is 3. The van der Waals surface area contributed by atoms with Gasteiger partial charge >= 0.3 is 0 Å². The Hall–Kier alpha value is -1.57. The van der Waals surface area contributed by atoms with E-state index in [0.29, 0.717) is 26.1 Å². The first-order chi connectivity index (χ1) is 7.04. The van der Waals surface area contributed by atoms with E-state index < -0.39 is 5.41 Å². The smallest absolute Gasteiger partial charge is 0.0694 e. The molecule has 15 heavy (non-hydrogen) atoms. The van der Waals surface area contributed by atoms with Gasteiger partial charge in [-0.1, -0.05) is 0 Å². The monoisotopic (exact) mass is 207 g/mol. The molecule has 0 radical (unpaired) electrons. The minimum atomic E-state index is -0.464. The molecule has 0 heterocycles. The van der Waals surface area contributed by atoms with Gasteiger partial charge in [-0.05, 0) is 20.8 Å². The van der Waals surface area contributed by atoms with Crippen LogP contribution in [0.3, 0.4) is 0 Å². The molecule has 0 atom stereocenters. The first-order valence-electron chi connectivity index (χ1n) is 4.77. The maximum absolute atomic E-state index is 8.32. The van der Waals surface area contributed by atoms with Crippen molar-refractivity contribution in [2.75, 3.05) is 13.2 Å². The molecule has 0 spiro atoms. The van der Waals surface area contributed by atoms with E-state index in [2.05, 4.69) is 0 Å². The highest BCUT2D eigenvalue weighted by atomic mass is 16.5. The van der Waals surface area contributed by atoms with Crippen LogP contribution in [0.2, 0.25) is 0 Å². The van der Waals surface area contributed by atoms with Gasteiger partial charge in [-0.15, -0.1) is 0 Å². The number of nitriles is 3. The van der Waals surface area contributed by atoms with Crippen LogP contribution >= 0.6 is 0 Å². The lowest BCUT2D eigenvalue weighted by Crippen LogP contribution is -2.04. The van der Waals surface area contributed by atoms with Crippen LogP contribution in [0, 0.1) is 39.4 Å². The van der Waals surface area contributed by atoms with Gasteiger partial charge in [0.05, 0.1) is 43.1 Å². The van der Waals surface area contributed by atoms with Crippen LogP contribution < -0.4 is 0 Å². The summed E-state index contributed by atoms with van der Waals surface area (Å²) >= 11 is 0. The Bertz CT molecular complexity index is 265. The predicted octanol–water partition coefficient (Wildman–Crippen LogP) is 2.39.